The van der Waals surface area contributed by atoms with E-state index in [0.717, 1.165) is 0 Å². The predicted molar refractivity (Wildman–Crippen MR) is 121 cm³/mol. The van der Waals surface area contributed by atoms with Gasteiger partial charge in [-0.25, -0.2) is 8.78 Å². The van der Waals surface area contributed by atoms with Gasteiger partial charge in [0.25, 0.3) is 5.91 Å². The first-order chi connectivity index (χ1) is 15.9. The summed E-state index contributed by atoms with van der Waals surface area (Å²) in [6.07, 6.45) is 3.07. The molecular formula is C26H17F2N3O2. The molecule has 0 fully saturated rings. The number of aromatic nitrogens is 1. The number of rotatable bonds is 5. The van der Waals surface area contributed by atoms with Crippen LogP contribution in [-0.2, 0) is 4.79 Å². The highest BCUT2D eigenvalue weighted by Crippen LogP contribution is 2.28. The van der Waals surface area contributed by atoms with Crippen LogP contribution in [0.15, 0.2) is 78.5 Å². The number of nitrogens with one attached hydrogen (secondary N) is 1. The Labute approximate surface area is 188 Å². The smallest absolute Gasteiger partial charge is 0.266 e. The van der Waals surface area contributed by atoms with Gasteiger partial charge in [0.15, 0.2) is 0 Å². The summed E-state index contributed by atoms with van der Waals surface area (Å²) in [5.41, 5.74) is 1.98. The lowest BCUT2D eigenvalue weighted by molar-refractivity contribution is -0.112. The fourth-order valence-corrected chi connectivity index (χ4v) is 3.60. The Bertz CT molecular complexity index is 1460. The van der Waals surface area contributed by atoms with Crippen molar-refractivity contribution in [1.29, 1.82) is 5.26 Å². The van der Waals surface area contributed by atoms with Crippen molar-refractivity contribution in [3.8, 4) is 6.07 Å². The Morgan fingerprint density at radius 2 is 1.70 bits per heavy atom. The van der Waals surface area contributed by atoms with Crippen molar-refractivity contribution < 1.29 is 18.4 Å². The molecule has 0 radical (unpaired) electrons. The number of hydrogen-bond donors (Lipinski definition) is 1. The highest BCUT2D eigenvalue weighted by molar-refractivity contribution is 6.13. The number of carbonyl (C=O) groups is 2. The standard InChI is InChI=1S/C26H17F2N3O2/c1-16-20(14-18(15-29)26(33)30-22-7-3-2-6-21(22)28)23-8-4-5-13-31(23)24(16)25(32)17-9-11-19(27)12-10-17/h2-14H,1H3,(H,30,33). The molecule has 1 amide bonds. The second kappa shape index (κ2) is 8.89. The Balaban J connectivity index is 1.80. The first kappa shape index (κ1) is 21.7. The van der Waals surface area contributed by atoms with Gasteiger partial charge in [-0.05, 0) is 67.1 Å². The van der Waals surface area contributed by atoms with E-state index in [4.69, 9.17) is 0 Å². The van der Waals surface area contributed by atoms with Crippen LogP contribution in [0.3, 0.4) is 0 Å². The van der Waals surface area contributed by atoms with Gasteiger partial charge in [-0.1, -0.05) is 18.2 Å². The van der Waals surface area contributed by atoms with Crippen molar-refractivity contribution in [2.45, 2.75) is 6.92 Å². The summed E-state index contributed by atoms with van der Waals surface area (Å²) < 4.78 is 28.9. The number of benzene rings is 2. The van der Waals surface area contributed by atoms with Crippen molar-refractivity contribution in [3.63, 3.8) is 0 Å². The molecule has 33 heavy (non-hydrogen) atoms. The average Bonchev–Trinajstić information content (AvgIpc) is 3.09. The third-order valence-electron chi connectivity index (χ3n) is 5.23. The van der Waals surface area contributed by atoms with Crippen LogP contribution in [0, 0.1) is 29.9 Å². The van der Waals surface area contributed by atoms with Gasteiger partial charge >= 0.3 is 0 Å². The number of fused-ring (bicyclic) bond motifs is 1. The molecular weight excluding hydrogens is 424 g/mol. The van der Waals surface area contributed by atoms with Crippen LogP contribution >= 0.6 is 0 Å². The second-order valence-corrected chi connectivity index (χ2v) is 7.28. The Hall–Kier alpha value is -4.57. The maximum absolute atomic E-state index is 13.9. The van der Waals surface area contributed by atoms with E-state index in [0.29, 0.717) is 27.9 Å². The van der Waals surface area contributed by atoms with Crippen LogP contribution in [-0.4, -0.2) is 16.1 Å². The van der Waals surface area contributed by atoms with E-state index in [-0.39, 0.29) is 17.0 Å². The van der Waals surface area contributed by atoms with Gasteiger partial charge in [0, 0.05) is 17.3 Å². The van der Waals surface area contributed by atoms with E-state index >= 15 is 0 Å². The highest BCUT2D eigenvalue weighted by Gasteiger charge is 2.22. The molecule has 0 spiro atoms. The van der Waals surface area contributed by atoms with Crippen molar-refractivity contribution in [2.75, 3.05) is 5.32 Å². The van der Waals surface area contributed by atoms with Crippen molar-refractivity contribution >= 4 is 29.0 Å². The summed E-state index contributed by atoms with van der Waals surface area (Å²) in [7, 11) is 0. The Morgan fingerprint density at radius 1 is 1.00 bits per heavy atom. The monoisotopic (exact) mass is 441 g/mol. The van der Waals surface area contributed by atoms with Gasteiger partial charge in [-0.3, -0.25) is 9.59 Å². The second-order valence-electron chi connectivity index (χ2n) is 7.28. The largest absolute Gasteiger partial charge is 0.319 e. The van der Waals surface area contributed by atoms with E-state index in [2.05, 4.69) is 5.32 Å². The number of anilines is 1. The van der Waals surface area contributed by atoms with Crippen LogP contribution in [0.1, 0.15) is 27.2 Å². The summed E-state index contributed by atoms with van der Waals surface area (Å²) in [5, 5.41) is 12.0. The quantitative estimate of drug-likeness (QED) is 0.259. The Kier molecular flexibility index (Phi) is 5.83. The molecule has 7 heteroatoms. The molecule has 5 nitrogen and oxygen atoms in total. The zero-order chi connectivity index (χ0) is 23.5. The minimum atomic E-state index is -0.774. The van der Waals surface area contributed by atoms with Crippen molar-refractivity contribution in [1.82, 2.24) is 4.40 Å². The molecule has 2 heterocycles. The summed E-state index contributed by atoms with van der Waals surface area (Å²) in [5.74, 6) is -2.18. The minimum Gasteiger partial charge on any atom is -0.319 e. The van der Waals surface area contributed by atoms with Gasteiger partial charge in [-0.15, -0.1) is 0 Å². The summed E-state index contributed by atoms with van der Waals surface area (Å²) in [6.45, 7) is 1.71. The minimum absolute atomic E-state index is 0.0470. The lowest BCUT2D eigenvalue weighted by Crippen LogP contribution is -2.14. The molecule has 1 N–H and O–H groups in total. The lowest BCUT2D eigenvalue weighted by Gasteiger charge is -2.05. The van der Waals surface area contributed by atoms with Gasteiger partial charge in [0.2, 0.25) is 5.78 Å². The Morgan fingerprint density at radius 3 is 2.39 bits per heavy atom. The number of para-hydroxylation sites is 1. The number of nitriles is 1. The number of ketones is 1. The lowest BCUT2D eigenvalue weighted by atomic mass is 10.0. The fourth-order valence-electron chi connectivity index (χ4n) is 3.60. The molecule has 2 aromatic heterocycles. The van der Waals surface area contributed by atoms with Gasteiger partial charge < -0.3 is 9.72 Å². The molecule has 0 unspecified atom stereocenters. The highest BCUT2D eigenvalue weighted by atomic mass is 19.1. The third kappa shape index (κ3) is 4.14. The summed E-state index contributed by atoms with van der Waals surface area (Å²) >= 11 is 0. The normalized spacial score (nSPS) is 11.3. The number of hydrogen-bond acceptors (Lipinski definition) is 3. The van der Waals surface area contributed by atoms with Gasteiger partial charge in [-0.2, -0.15) is 5.26 Å². The molecule has 0 aliphatic rings. The van der Waals surface area contributed by atoms with Crippen molar-refractivity contribution in [3.05, 3.63) is 113 Å². The van der Waals surface area contributed by atoms with Crippen molar-refractivity contribution in [2.24, 2.45) is 0 Å². The van der Waals surface area contributed by atoms with E-state index in [9.17, 15) is 23.6 Å². The molecule has 0 saturated carbocycles. The number of amides is 1. The topological polar surface area (TPSA) is 74.4 Å². The predicted octanol–water partition coefficient (Wildman–Crippen LogP) is 5.30. The SMILES string of the molecule is Cc1c(C=C(C#N)C(=O)Nc2ccccc2F)c2ccccn2c1C(=O)c1ccc(F)cc1. The average molecular weight is 441 g/mol. The molecule has 0 bridgehead atoms. The molecule has 4 aromatic rings. The molecule has 0 aliphatic carbocycles. The molecule has 2 aromatic carbocycles. The number of carbonyl (C=O) groups excluding carboxylic acids is 2. The van der Waals surface area contributed by atoms with Crippen LogP contribution in [0.25, 0.3) is 11.6 Å². The third-order valence-corrected chi connectivity index (χ3v) is 5.23. The zero-order valence-corrected chi connectivity index (χ0v) is 17.5. The van der Waals surface area contributed by atoms with Gasteiger partial charge in [0.05, 0.1) is 16.9 Å². The first-order valence-electron chi connectivity index (χ1n) is 9.98. The fraction of sp³-hybridized carbons (Fsp3) is 0.0385. The number of pyridine rings is 1. The number of nitrogens with zero attached hydrogens (tertiary/aromatic N) is 2. The van der Waals surface area contributed by atoms with E-state index in [1.54, 1.807) is 41.8 Å². The van der Waals surface area contributed by atoms with Crippen LogP contribution in [0.4, 0.5) is 14.5 Å². The maximum atomic E-state index is 13.9. The molecule has 0 atom stereocenters. The molecule has 0 saturated heterocycles. The molecule has 162 valence electrons. The van der Waals surface area contributed by atoms with E-state index in [1.807, 2.05) is 6.07 Å². The summed E-state index contributed by atoms with van der Waals surface area (Å²) in [4.78, 5) is 25.9. The van der Waals surface area contributed by atoms with E-state index in [1.165, 1.54) is 48.5 Å². The molecule has 4 rings (SSSR count). The first-order valence-corrected chi connectivity index (χ1v) is 9.98. The summed E-state index contributed by atoms with van der Waals surface area (Å²) in [6, 6.07) is 18.0. The van der Waals surface area contributed by atoms with Crippen LogP contribution < -0.4 is 5.32 Å². The zero-order valence-electron chi connectivity index (χ0n) is 17.5. The van der Waals surface area contributed by atoms with Crippen LogP contribution in [0.2, 0.25) is 0 Å². The van der Waals surface area contributed by atoms with Gasteiger partial charge in [0.1, 0.15) is 23.3 Å². The van der Waals surface area contributed by atoms with E-state index < -0.39 is 17.5 Å². The van der Waals surface area contributed by atoms with Crippen LogP contribution in [0.5, 0.6) is 0 Å². The maximum Gasteiger partial charge on any atom is 0.266 e. The number of halogens is 2. The molecule has 0 aliphatic heterocycles.